The van der Waals surface area contributed by atoms with Crippen LogP contribution in [0.4, 0.5) is 0 Å². The fourth-order valence-electron chi connectivity index (χ4n) is 0.727. The highest BCUT2D eigenvalue weighted by atomic mass is 35.5. The van der Waals surface area contributed by atoms with Gasteiger partial charge >= 0.3 is 5.91 Å². The molecule has 1 aromatic carbocycles. The van der Waals surface area contributed by atoms with E-state index in [9.17, 15) is 9.70 Å². The Labute approximate surface area is 72.8 Å². The fourth-order valence-corrected chi connectivity index (χ4v) is 0.982. The van der Waals surface area contributed by atoms with Crippen molar-refractivity contribution < 1.29 is 9.90 Å². The quantitative estimate of drug-likeness (QED) is 0.680. The lowest BCUT2D eigenvalue weighted by atomic mass is 10.2. The highest BCUT2D eigenvalue weighted by molar-refractivity contribution is 6.34. The molecule has 62 valence electrons. The van der Waals surface area contributed by atoms with Crippen LogP contribution in [0.15, 0.2) is 23.4 Å². The molecular formula is C7H4ClNO3. The number of carbonyl (C=O) groups is 1. The van der Waals surface area contributed by atoms with Crippen molar-refractivity contribution in [3.63, 3.8) is 0 Å². The van der Waals surface area contributed by atoms with Gasteiger partial charge in [0.25, 0.3) is 0 Å². The summed E-state index contributed by atoms with van der Waals surface area (Å²) in [7, 11) is 0. The number of nitroso groups, excluding NO2 is 1. The highest BCUT2D eigenvalue weighted by Crippen LogP contribution is 2.21. The number of amides is 1. The Hall–Kier alpha value is -1.42. The van der Waals surface area contributed by atoms with Crippen LogP contribution in [0.3, 0.4) is 0 Å². The lowest BCUT2D eigenvalue weighted by Gasteiger charge is -1.97. The van der Waals surface area contributed by atoms with Gasteiger partial charge in [0.15, 0.2) is 0 Å². The van der Waals surface area contributed by atoms with Gasteiger partial charge in [-0.1, -0.05) is 11.6 Å². The maximum Gasteiger partial charge on any atom is 0.318 e. The third-order valence-corrected chi connectivity index (χ3v) is 1.58. The molecule has 0 fully saturated rings. The number of nitrogens with zero attached hydrogens (tertiary/aromatic N) is 1. The zero-order valence-electron chi connectivity index (χ0n) is 5.82. The van der Waals surface area contributed by atoms with Crippen LogP contribution in [0, 0.1) is 4.91 Å². The lowest BCUT2D eigenvalue weighted by molar-refractivity contribution is 0.100. The van der Waals surface area contributed by atoms with E-state index in [1.54, 1.807) is 0 Å². The number of benzene rings is 1. The Morgan fingerprint density at radius 1 is 1.50 bits per heavy atom. The summed E-state index contributed by atoms with van der Waals surface area (Å²) in [5.74, 6) is -1.01. The first kappa shape index (κ1) is 8.67. The number of halogens is 1. The third kappa shape index (κ3) is 1.60. The number of phenols is 1. The van der Waals surface area contributed by atoms with E-state index < -0.39 is 5.91 Å². The summed E-state index contributed by atoms with van der Waals surface area (Å²) in [4.78, 5) is 20.5. The molecule has 12 heavy (non-hydrogen) atoms. The maximum atomic E-state index is 10.7. The molecule has 0 atom stereocenters. The van der Waals surface area contributed by atoms with Crippen molar-refractivity contribution in [3.05, 3.63) is 33.7 Å². The molecule has 4 nitrogen and oxygen atoms in total. The van der Waals surface area contributed by atoms with Crippen molar-refractivity contribution in [3.8, 4) is 5.75 Å². The summed E-state index contributed by atoms with van der Waals surface area (Å²) in [5, 5.41) is 11.1. The first-order valence-corrected chi connectivity index (χ1v) is 3.39. The van der Waals surface area contributed by atoms with E-state index in [2.05, 4.69) is 5.18 Å². The second-order valence-corrected chi connectivity index (χ2v) is 2.47. The molecule has 0 heterocycles. The van der Waals surface area contributed by atoms with Crippen LogP contribution in [0.2, 0.25) is 5.02 Å². The standard InChI is InChI=1S/C7H4ClNO3/c8-6-3-4(10)1-2-5(6)7(11)9-12/h1-3,10H. The molecule has 5 heteroatoms. The predicted molar refractivity (Wildman–Crippen MR) is 43.2 cm³/mol. The van der Waals surface area contributed by atoms with Crippen LogP contribution >= 0.6 is 11.6 Å². The minimum atomic E-state index is -0.944. The second kappa shape index (κ2) is 3.32. The first-order valence-electron chi connectivity index (χ1n) is 3.01. The van der Waals surface area contributed by atoms with Gasteiger partial charge in [-0.15, -0.1) is 4.91 Å². The zero-order valence-corrected chi connectivity index (χ0v) is 6.58. The normalized spacial score (nSPS) is 9.42. The van der Waals surface area contributed by atoms with Crippen LogP contribution in [-0.4, -0.2) is 11.0 Å². The second-order valence-electron chi connectivity index (χ2n) is 2.06. The van der Waals surface area contributed by atoms with Crippen molar-refractivity contribution in [2.24, 2.45) is 5.18 Å². The molecule has 0 aliphatic carbocycles. The Balaban J connectivity index is 3.18. The molecular weight excluding hydrogens is 182 g/mol. The maximum absolute atomic E-state index is 10.7. The minimum absolute atomic E-state index is 0.00975. The Bertz CT molecular complexity index is 337. The Morgan fingerprint density at radius 3 is 2.67 bits per heavy atom. The van der Waals surface area contributed by atoms with Crippen LogP contribution in [0.1, 0.15) is 10.4 Å². The van der Waals surface area contributed by atoms with E-state index in [0.717, 1.165) is 0 Å². The van der Waals surface area contributed by atoms with E-state index in [4.69, 9.17) is 16.7 Å². The number of rotatable bonds is 1. The summed E-state index contributed by atoms with van der Waals surface area (Å²) in [5.41, 5.74) is -0.00975. The molecule has 0 unspecified atom stereocenters. The SMILES string of the molecule is O=NC(=O)c1ccc(O)cc1Cl. The monoisotopic (exact) mass is 185 g/mol. The average molecular weight is 186 g/mol. The summed E-state index contributed by atoms with van der Waals surface area (Å²) in [6, 6.07) is 3.66. The van der Waals surface area contributed by atoms with Gasteiger partial charge in [-0.05, 0) is 18.2 Å². The van der Waals surface area contributed by atoms with Gasteiger partial charge in [0.05, 0.1) is 10.6 Å². The van der Waals surface area contributed by atoms with E-state index in [1.165, 1.54) is 18.2 Å². The molecule has 1 rings (SSSR count). The van der Waals surface area contributed by atoms with Crippen molar-refractivity contribution >= 4 is 17.5 Å². The molecule has 0 radical (unpaired) electrons. The minimum Gasteiger partial charge on any atom is -0.508 e. The lowest BCUT2D eigenvalue weighted by Crippen LogP contribution is -1.93. The highest BCUT2D eigenvalue weighted by Gasteiger charge is 2.10. The van der Waals surface area contributed by atoms with Crippen LogP contribution in [-0.2, 0) is 0 Å². The van der Waals surface area contributed by atoms with Crippen LogP contribution in [0.25, 0.3) is 0 Å². The van der Waals surface area contributed by atoms with E-state index in [1.807, 2.05) is 0 Å². The molecule has 1 aromatic rings. The average Bonchev–Trinajstić information content (AvgIpc) is 2.03. The third-order valence-electron chi connectivity index (χ3n) is 1.27. The van der Waals surface area contributed by atoms with Crippen molar-refractivity contribution in [2.75, 3.05) is 0 Å². The number of phenolic OH excluding ortho intramolecular Hbond substituents is 1. The summed E-state index contributed by atoms with van der Waals surface area (Å²) in [6.07, 6.45) is 0. The number of hydrogen-bond donors (Lipinski definition) is 1. The molecule has 0 saturated carbocycles. The van der Waals surface area contributed by atoms with E-state index in [0.29, 0.717) is 0 Å². The van der Waals surface area contributed by atoms with Crippen molar-refractivity contribution in [1.29, 1.82) is 0 Å². The summed E-state index contributed by atoms with van der Waals surface area (Å²) in [6.45, 7) is 0. The first-order chi connectivity index (χ1) is 5.65. The summed E-state index contributed by atoms with van der Waals surface area (Å²) < 4.78 is 0. The molecule has 0 spiro atoms. The van der Waals surface area contributed by atoms with Crippen LogP contribution < -0.4 is 0 Å². The molecule has 1 amide bonds. The predicted octanol–water partition coefficient (Wildman–Crippen LogP) is 1.95. The van der Waals surface area contributed by atoms with E-state index >= 15 is 0 Å². The van der Waals surface area contributed by atoms with Crippen LogP contribution in [0.5, 0.6) is 5.75 Å². The summed E-state index contributed by atoms with van der Waals surface area (Å²) >= 11 is 5.52. The Kier molecular flexibility index (Phi) is 2.40. The molecule has 0 bridgehead atoms. The molecule has 1 N–H and O–H groups in total. The number of carbonyl (C=O) groups excluding carboxylic acids is 1. The van der Waals surface area contributed by atoms with Crippen molar-refractivity contribution in [2.45, 2.75) is 0 Å². The van der Waals surface area contributed by atoms with Gasteiger partial charge in [0.2, 0.25) is 0 Å². The van der Waals surface area contributed by atoms with Gasteiger partial charge < -0.3 is 5.11 Å². The van der Waals surface area contributed by atoms with Gasteiger partial charge in [0, 0.05) is 5.18 Å². The molecule has 0 aliphatic heterocycles. The zero-order chi connectivity index (χ0) is 9.14. The fraction of sp³-hybridized carbons (Fsp3) is 0. The number of aromatic hydroxyl groups is 1. The molecule has 0 aromatic heterocycles. The van der Waals surface area contributed by atoms with E-state index in [-0.39, 0.29) is 16.3 Å². The molecule has 0 aliphatic rings. The molecule has 0 saturated heterocycles. The number of hydrogen-bond acceptors (Lipinski definition) is 3. The Morgan fingerprint density at radius 2 is 2.17 bits per heavy atom. The van der Waals surface area contributed by atoms with Crippen molar-refractivity contribution in [1.82, 2.24) is 0 Å². The van der Waals surface area contributed by atoms with Gasteiger partial charge in [-0.3, -0.25) is 4.79 Å². The van der Waals surface area contributed by atoms with Gasteiger partial charge in [-0.2, -0.15) is 0 Å². The smallest absolute Gasteiger partial charge is 0.318 e. The van der Waals surface area contributed by atoms with Gasteiger partial charge in [0.1, 0.15) is 5.75 Å². The topological polar surface area (TPSA) is 66.7 Å². The largest absolute Gasteiger partial charge is 0.508 e. The van der Waals surface area contributed by atoms with Gasteiger partial charge in [-0.25, -0.2) is 0 Å².